The minimum absolute atomic E-state index is 0.340. The largest absolute Gasteiger partial charge is 0.479 e. The summed E-state index contributed by atoms with van der Waals surface area (Å²) in [5.74, 6) is -2.69. The lowest BCUT2D eigenvalue weighted by Crippen LogP contribution is -2.45. The zero-order chi connectivity index (χ0) is 14.4. The zero-order valence-corrected chi connectivity index (χ0v) is 10.1. The first-order valence-electron chi connectivity index (χ1n) is 5.54. The van der Waals surface area contributed by atoms with Crippen molar-refractivity contribution in [3.8, 4) is 0 Å². The molecule has 0 aliphatic carbocycles. The van der Waals surface area contributed by atoms with E-state index < -0.39 is 29.9 Å². The maximum absolute atomic E-state index is 11.7. The molecule has 1 rings (SSSR count). The summed E-state index contributed by atoms with van der Waals surface area (Å²) in [6.07, 6.45) is -0.340. The Morgan fingerprint density at radius 2 is 1.79 bits per heavy atom. The first kappa shape index (κ1) is 14.7. The van der Waals surface area contributed by atoms with Crippen LogP contribution >= 0.6 is 0 Å². The highest BCUT2D eigenvalue weighted by Crippen LogP contribution is 2.12. The number of aliphatic carboxylic acids is 1. The van der Waals surface area contributed by atoms with Crippen LogP contribution in [0.5, 0.6) is 0 Å². The number of primary amides is 1. The summed E-state index contributed by atoms with van der Waals surface area (Å²) in [5, 5.41) is 11.4. The Balaban J connectivity index is 2.78. The third-order valence-corrected chi connectivity index (χ3v) is 2.42. The summed E-state index contributed by atoms with van der Waals surface area (Å²) in [6.45, 7) is 0. The van der Waals surface area contributed by atoms with Crippen LogP contribution in [0.4, 0.5) is 0 Å². The van der Waals surface area contributed by atoms with Crippen LogP contribution < -0.4 is 16.8 Å². The van der Waals surface area contributed by atoms with Gasteiger partial charge in [0.2, 0.25) is 11.8 Å². The average Bonchev–Trinajstić information content (AvgIpc) is 2.35. The van der Waals surface area contributed by atoms with Crippen molar-refractivity contribution in [1.82, 2.24) is 5.32 Å². The number of nitrogens with one attached hydrogen (secondary N) is 1. The van der Waals surface area contributed by atoms with E-state index in [4.69, 9.17) is 16.6 Å². The van der Waals surface area contributed by atoms with Crippen LogP contribution in [0.15, 0.2) is 30.3 Å². The second kappa shape index (κ2) is 6.50. The van der Waals surface area contributed by atoms with Gasteiger partial charge in [-0.1, -0.05) is 30.3 Å². The fourth-order valence-electron chi connectivity index (χ4n) is 1.49. The van der Waals surface area contributed by atoms with E-state index in [9.17, 15) is 14.4 Å². The Kier molecular flexibility index (Phi) is 5.01. The molecule has 1 unspecified atom stereocenters. The van der Waals surface area contributed by atoms with Gasteiger partial charge < -0.3 is 21.9 Å². The highest BCUT2D eigenvalue weighted by molar-refractivity contribution is 5.90. The number of nitrogens with two attached hydrogens (primary N) is 2. The van der Waals surface area contributed by atoms with Crippen LogP contribution in [-0.4, -0.2) is 28.9 Å². The lowest BCUT2D eigenvalue weighted by molar-refractivity contribution is -0.142. The van der Waals surface area contributed by atoms with Crippen LogP contribution in [0.25, 0.3) is 0 Å². The van der Waals surface area contributed by atoms with Crippen LogP contribution in [0.3, 0.4) is 0 Å². The van der Waals surface area contributed by atoms with Gasteiger partial charge in [-0.05, 0) is 5.56 Å². The summed E-state index contributed by atoms with van der Waals surface area (Å²) < 4.78 is 0. The summed E-state index contributed by atoms with van der Waals surface area (Å²) in [4.78, 5) is 33.4. The summed E-state index contributed by atoms with van der Waals surface area (Å²) in [5.41, 5.74) is 10.8. The molecule has 0 saturated carbocycles. The van der Waals surface area contributed by atoms with Gasteiger partial charge in [0.15, 0.2) is 6.04 Å². The molecule has 102 valence electrons. The Morgan fingerprint density at radius 3 is 2.26 bits per heavy atom. The van der Waals surface area contributed by atoms with Crippen molar-refractivity contribution in [1.29, 1.82) is 0 Å². The number of carboxylic acid groups (broad SMARTS) is 1. The average molecular weight is 265 g/mol. The van der Waals surface area contributed by atoms with Crippen molar-refractivity contribution in [3.05, 3.63) is 35.9 Å². The fraction of sp³-hybridized carbons (Fsp3) is 0.250. The molecule has 0 spiro atoms. The molecule has 7 heteroatoms. The van der Waals surface area contributed by atoms with Crippen LogP contribution in [0.2, 0.25) is 0 Å². The predicted molar refractivity (Wildman–Crippen MR) is 66.7 cm³/mol. The van der Waals surface area contributed by atoms with Gasteiger partial charge in [-0.2, -0.15) is 0 Å². The fourth-order valence-corrected chi connectivity index (χ4v) is 1.49. The molecule has 19 heavy (non-hydrogen) atoms. The van der Waals surface area contributed by atoms with Gasteiger partial charge >= 0.3 is 5.97 Å². The molecule has 6 N–H and O–H groups in total. The molecule has 0 fully saturated rings. The minimum Gasteiger partial charge on any atom is -0.479 e. The molecule has 0 bridgehead atoms. The van der Waals surface area contributed by atoms with Gasteiger partial charge in [0, 0.05) is 0 Å². The number of carboxylic acids is 1. The third-order valence-electron chi connectivity index (χ3n) is 2.42. The molecule has 7 nitrogen and oxygen atoms in total. The molecule has 1 aromatic rings. The lowest BCUT2D eigenvalue weighted by Gasteiger charge is -2.17. The third kappa shape index (κ3) is 4.40. The first-order chi connectivity index (χ1) is 8.91. The van der Waals surface area contributed by atoms with Crippen LogP contribution in [-0.2, 0) is 14.4 Å². The van der Waals surface area contributed by atoms with E-state index in [0.717, 1.165) is 0 Å². The van der Waals surface area contributed by atoms with E-state index in [0.29, 0.717) is 5.56 Å². The Hall–Kier alpha value is -2.41. The topological polar surface area (TPSA) is 136 Å². The highest BCUT2D eigenvalue weighted by atomic mass is 16.4. The predicted octanol–water partition coefficient (Wildman–Crippen LogP) is -0.869. The Labute approximate surface area is 109 Å². The first-order valence-corrected chi connectivity index (χ1v) is 5.54. The van der Waals surface area contributed by atoms with E-state index in [-0.39, 0.29) is 6.42 Å². The standard InChI is InChI=1S/C12H15N3O4/c13-8(6-9(14)16)11(17)15-10(12(18)19)7-4-2-1-3-5-7/h1-5,8,10H,6,13H2,(H2,14,16)(H,15,17)(H,18,19)/t8?,10-/m1/s1. The van der Waals surface area contributed by atoms with E-state index in [1.54, 1.807) is 30.3 Å². The number of benzene rings is 1. The van der Waals surface area contributed by atoms with E-state index in [1.807, 2.05) is 0 Å². The zero-order valence-electron chi connectivity index (χ0n) is 10.1. The van der Waals surface area contributed by atoms with Crippen molar-refractivity contribution in [2.45, 2.75) is 18.5 Å². The van der Waals surface area contributed by atoms with Crippen molar-refractivity contribution < 1.29 is 19.5 Å². The van der Waals surface area contributed by atoms with Gasteiger partial charge in [-0.25, -0.2) is 4.79 Å². The summed E-state index contributed by atoms with van der Waals surface area (Å²) in [7, 11) is 0. The van der Waals surface area contributed by atoms with Crippen molar-refractivity contribution in [2.24, 2.45) is 11.5 Å². The quantitative estimate of drug-likeness (QED) is 0.530. The van der Waals surface area contributed by atoms with Crippen molar-refractivity contribution in [2.75, 3.05) is 0 Å². The molecule has 0 heterocycles. The smallest absolute Gasteiger partial charge is 0.330 e. The molecule has 2 atom stereocenters. The summed E-state index contributed by atoms with van der Waals surface area (Å²) >= 11 is 0. The van der Waals surface area contributed by atoms with E-state index in [1.165, 1.54) is 0 Å². The van der Waals surface area contributed by atoms with Crippen LogP contribution in [0, 0.1) is 0 Å². The van der Waals surface area contributed by atoms with Crippen molar-refractivity contribution >= 4 is 17.8 Å². The number of amides is 2. The van der Waals surface area contributed by atoms with Crippen molar-refractivity contribution in [3.63, 3.8) is 0 Å². The monoisotopic (exact) mass is 265 g/mol. The molecule has 0 aliphatic rings. The summed E-state index contributed by atoms with van der Waals surface area (Å²) in [6, 6.07) is 5.79. The van der Waals surface area contributed by atoms with Gasteiger partial charge in [0.1, 0.15) is 0 Å². The Morgan fingerprint density at radius 1 is 1.21 bits per heavy atom. The van der Waals surface area contributed by atoms with Gasteiger partial charge in [0.25, 0.3) is 0 Å². The molecule has 0 aromatic heterocycles. The van der Waals surface area contributed by atoms with Gasteiger partial charge in [-0.15, -0.1) is 0 Å². The second-order valence-corrected chi connectivity index (χ2v) is 3.97. The number of carbonyl (C=O) groups excluding carboxylic acids is 2. The number of rotatable bonds is 6. The SMILES string of the molecule is NC(=O)CC(N)C(=O)N[C@@H](C(=O)O)c1ccccc1. The van der Waals surface area contributed by atoms with Crippen LogP contribution in [0.1, 0.15) is 18.0 Å². The second-order valence-electron chi connectivity index (χ2n) is 3.97. The number of carbonyl (C=O) groups is 3. The molecule has 1 aromatic carbocycles. The lowest BCUT2D eigenvalue weighted by atomic mass is 10.1. The maximum Gasteiger partial charge on any atom is 0.330 e. The van der Waals surface area contributed by atoms with Gasteiger partial charge in [0.05, 0.1) is 12.5 Å². The highest BCUT2D eigenvalue weighted by Gasteiger charge is 2.25. The Bertz CT molecular complexity index is 475. The molecular formula is C12H15N3O4. The number of hydrogen-bond acceptors (Lipinski definition) is 4. The number of hydrogen-bond donors (Lipinski definition) is 4. The molecule has 0 saturated heterocycles. The molecule has 0 aliphatic heterocycles. The molecular weight excluding hydrogens is 250 g/mol. The van der Waals surface area contributed by atoms with E-state index in [2.05, 4.69) is 5.32 Å². The minimum atomic E-state index is -1.22. The van der Waals surface area contributed by atoms with E-state index >= 15 is 0 Å². The normalized spacial score (nSPS) is 13.3. The molecule has 0 radical (unpaired) electrons. The molecule has 2 amide bonds. The van der Waals surface area contributed by atoms with Gasteiger partial charge in [-0.3, -0.25) is 9.59 Å². The maximum atomic E-state index is 11.7.